The number of ether oxygens (including phenoxy) is 1. The first-order chi connectivity index (χ1) is 14.1. The van der Waals surface area contributed by atoms with E-state index in [-0.39, 0.29) is 5.92 Å². The molecule has 0 aromatic rings. The first kappa shape index (κ1) is 21.0. The molecule has 4 rings (SSSR count). The van der Waals surface area contributed by atoms with Crippen molar-refractivity contribution in [3.8, 4) is 0 Å². The van der Waals surface area contributed by atoms with E-state index in [2.05, 4.69) is 34.4 Å². The summed E-state index contributed by atoms with van der Waals surface area (Å²) in [5.41, 5.74) is 0.337. The average molecular weight is 405 g/mol. The Hall–Kier alpha value is -1.30. The average Bonchev–Trinajstić information content (AvgIpc) is 3.41. The number of hydrogen-bond donors (Lipinski definition) is 2. The summed E-state index contributed by atoms with van der Waals surface area (Å²) < 4.78 is 6.12. The summed E-state index contributed by atoms with van der Waals surface area (Å²) in [6, 6.07) is 0.891. The molecule has 0 aromatic heterocycles. The van der Waals surface area contributed by atoms with Crippen LogP contribution >= 0.6 is 0 Å². The van der Waals surface area contributed by atoms with Gasteiger partial charge in [-0.2, -0.15) is 0 Å². The van der Waals surface area contributed by atoms with Crippen LogP contribution < -0.4 is 10.6 Å². The van der Waals surface area contributed by atoms with Crippen molar-refractivity contribution in [3.05, 3.63) is 0 Å². The fourth-order valence-electron chi connectivity index (χ4n) is 6.56. The summed E-state index contributed by atoms with van der Waals surface area (Å²) in [4.78, 5) is 19.3. The van der Waals surface area contributed by atoms with Crippen molar-refractivity contribution < 1.29 is 9.53 Å². The molecule has 0 bridgehead atoms. The van der Waals surface area contributed by atoms with Gasteiger partial charge in [-0.25, -0.2) is 0 Å². The van der Waals surface area contributed by atoms with Crippen LogP contribution in [0, 0.1) is 17.3 Å². The van der Waals surface area contributed by atoms with Gasteiger partial charge < -0.3 is 20.3 Å². The van der Waals surface area contributed by atoms with Gasteiger partial charge in [0.05, 0.1) is 6.10 Å². The normalized spacial score (nSPS) is 31.8. The molecule has 1 spiro atoms. The zero-order valence-electron chi connectivity index (χ0n) is 18.6. The number of nitrogens with one attached hydrogen (secondary N) is 2. The highest BCUT2D eigenvalue weighted by Gasteiger charge is 2.65. The second-order valence-corrected chi connectivity index (χ2v) is 9.64. The van der Waals surface area contributed by atoms with Crippen molar-refractivity contribution in [1.29, 1.82) is 0 Å². The quantitative estimate of drug-likeness (QED) is 0.546. The predicted molar refractivity (Wildman–Crippen MR) is 116 cm³/mol. The van der Waals surface area contributed by atoms with E-state index in [1.165, 1.54) is 32.1 Å². The number of nitrogens with zero attached hydrogens (tertiary/aromatic N) is 2. The topological polar surface area (TPSA) is 66.0 Å². The maximum Gasteiger partial charge on any atom is 0.225 e. The number of rotatable bonds is 5. The van der Waals surface area contributed by atoms with Crippen molar-refractivity contribution >= 4 is 11.9 Å². The first-order valence-electron chi connectivity index (χ1n) is 12.0. The molecule has 0 aromatic carbocycles. The molecule has 29 heavy (non-hydrogen) atoms. The summed E-state index contributed by atoms with van der Waals surface area (Å²) in [7, 11) is 1.88. The van der Waals surface area contributed by atoms with E-state index in [1.54, 1.807) is 0 Å². The molecule has 2 heterocycles. The lowest BCUT2D eigenvalue weighted by Gasteiger charge is -2.57. The highest BCUT2D eigenvalue weighted by molar-refractivity contribution is 5.81. The largest absolute Gasteiger partial charge is 0.377 e. The molecule has 6 nitrogen and oxygen atoms in total. The highest BCUT2D eigenvalue weighted by Crippen LogP contribution is 2.60. The lowest BCUT2D eigenvalue weighted by Crippen LogP contribution is -2.69. The van der Waals surface area contributed by atoms with E-state index in [0.717, 1.165) is 51.3 Å². The number of guanidine groups is 1. The van der Waals surface area contributed by atoms with Crippen LogP contribution in [0.4, 0.5) is 0 Å². The molecule has 0 radical (unpaired) electrons. The van der Waals surface area contributed by atoms with Gasteiger partial charge in [0.2, 0.25) is 5.91 Å². The SMILES string of the molecule is CCC(CC)C(=O)N1CCC(NC(=NC)NC2C3CCOC3C23CCCC3)CC1. The second-order valence-electron chi connectivity index (χ2n) is 9.64. The minimum Gasteiger partial charge on any atom is -0.377 e. The van der Waals surface area contributed by atoms with E-state index in [0.29, 0.717) is 35.4 Å². The summed E-state index contributed by atoms with van der Waals surface area (Å²) in [6.45, 7) is 6.87. The van der Waals surface area contributed by atoms with Crippen molar-refractivity contribution in [2.45, 2.75) is 89.8 Å². The summed E-state index contributed by atoms with van der Waals surface area (Å²) in [5, 5.41) is 7.47. The number of carbonyl (C=O) groups is 1. The summed E-state index contributed by atoms with van der Waals surface area (Å²) >= 11 is 0. The van der Waals surface area contributed by atoms with E-state index in [4.69, 9.17) is 4.74 Å². The molecule has 2 saturated carbocycles. The third-order valence-electron chi connectivity index (χ3n) is 8.28. The fourth-order valence-corrected chi connectivity index (χ4v) is 6.56. The van der Waals surface area contributed by atoms with Crippen LogP contribution in [-0.4, -0.2) is 61.7 Å². The van der Waals surface area contributed by atoms with Gasteiger partial charge in [-0.05, 0) is 44.9 Å². The molecule has 2 saturated heterocycles. The Morgan fingerprint density at radius 1 is 1.14 bits per heavy atom. The van der Waals surface area contributed by atoms with Crippen LogP contribution in [0.2, 0.25) is 0 Å². The molecule has 3 atom stereocenters. The molecule has 6 heteroatoms. The Morgan fingerprint density at radius 3 is 2.45 bits per heavy atom. The molecule has 1 amide bonds. The molecule has 2 aliphatic heterocycles. The zero-order valence-corrected chi connectivity index (χ0v) is 18.6. The molecular weight excluding hydrogens is 364 g/mol. The minimum atomic E-state index is 0.191. The molecule has 164 valence electrons. The third kappa shape index (κ3) is 3.77. The number of fused-ring (bicyclic) bond motifs is 2. The van der Waals surface area contributed by atoms with E-state index in [9.17, 15) is 4.79 Å². The van der Waals surface area contributed by atoms with Gasteiger partial charge in [0.15, 0.2) is 5.96 Å². The molecule has 3 unspecified atom stereocenters. The first-order valence-corrected chi connectivity index (χ1v) is 12.0. The molecule has 4 aliphatic rings. The van der Waals surface area contributed by atoms with E-state index < -0.39 is 0 Å². The van der Waals surface area contributed by atoms with Gasteiger partial charge in [-0.3, -0.25) is 9.79 Å². The molecule has 2 N–H and O–H groups in total. The lowest BCUT2D eigenvalue weighted by atomic mass is 9.54. The Kier molecular flexibility index (Phi) is 6.38. The number of piperidine rings is 1. The van der Waals surface area contributed by atoms with Crippen molar-refractivity contribution in [1.82, 2.24) is 15.5 Å². The summed E-state index contributed by atoms with van der Waals surface area (Å²) in [6.07, 6.45) is 10.8. The maximum atomic E-state index is 12.6. The van der Waals surface area contributed by atoms with Crippen molar-refractivity contribution in [2.75, 3.05) is 26.7 Å². The van der Waals surface area contributed by atoms with Crippen molar-refractivity contribution in [3.63, 3.8) is 0 Å². The van der Waals surface area contributed by atoms with Crippen LogP contribution in [0.3, 0.4) is 0 Å². The Labute approximate surface area is 176 Å². The highest BCUT2D eigenvalue weighted by atomic mass is 16.5. The Morgan fingerprint density at radius 2 is 1.83 bits per heavy atom. The Balaban J connectivity index is 1.30. The standard InChI is InChI=1S/C23H40N4O2/c1-4-16(5-2)21(28)27-13-8-17(9-14-27)25-22(24-3)26-19-18-10-15-29-20(18)23(19)11-6-7-12-23/h16-20H,4-15H2,1-3H3,(H2,24,25,26). The maximum absolute atomic E-state index is 12.6. The Bertz CT molecular complexity index is 604. The van der Waals surface area contributed by atoms with Gasteiger partial charge in [-0.1, -0.05) is 26.7 Å². The van der Waals surface area contributed by atoms with Gasteiger partial charge in [-0.15, -0.1) is 0 Å². The monoisotopic (exact) mass is 404 g/mol. The van der Waals surface area contributed by atoms with Gasteiger partial charge in [0.25, 0.3) is 0 Å². The van der Waals surface area contributed by atoms with Crippen LogP contribution in [0.1, 0.15) is 71.6 Å². The number of carbonyl (C=O) groups excluding carboxylic acids is 1. The van der Waals surface area contributed by atoms with Crippen LogP contribution in [0.25, 0.3) is 0 Å². The van der Waals surface area contributed by atoms with E-state index in [1.807, 2.05) is 7.05 Å². The minimum absolute atomic E-state index is 0.191. The van der Waals surface area contributed by atoms with Crippen molar-refractivity contribution in [2.24, 2.45) is 22.2 Å². The fraction of sp³-hybridized carbons (Fsp3) is 0.913. The van der Waals surface area contributed by atoms with Crippen LogP contribution in [0.15, 0.2) is 4.99 Å². The smallest absolute Gasteiger partial charge is 0.225 e. The number of amides is 1. The third-order valence-corrected chi connectivity index (χ3v) is 8.28. The molecule has 2 aliphatic carbocycles. The van der Waals surface area contributed by atoms with Gasteiger partial charge in [0, 0.05) is 56.1 Å². The summed E-state index contributed by atoms with van der Waals surface area (Å²) in [5.74, 6) is 2.13. The number of hydrogen-bond acceptors (Lipinski definition) is 3. The van der Waals surface area contributed by atoms with E-state index >= 15 is 0 Å². The number of aliphatic imine (C=N–C) groups is 1. The van der Waals surface area contributed by atoms with Gasteiger partial charge in [0.1, 0.15) is 0 Å². The molecular formula is C23H40N4O2. The van der Waals surface area contributed by atoms with Crippen LogP contribution in [0.5, 0.6) is 0 Å². The van der Waals surface area contributed by atoms with Gasteiger partial charge >= 0.3 is 0 Å². The lowest BCUT2D eigenvalue weighted by molar-refractivity contribution is -0.136. The predicted octanol–water partition coefficient (Wildman–Crippen LogP) is 2.93. The molecule has 4 fully saturated rings. The number of likely N-dealkylation sites (tertiary alicyclic amines) is 1. The van der Waals surface area contributed by atoms with Crippen LogP contribution in [-0.2, 0) is 9.53 Å². The second kappa shape index (κ2) is 8.83. The zero-order chi connectivity index (χ0) is 20.4.